The largest absolute Gasteiger partial charge is 0.329 e. The van der Waals surface area contributed by atoms with Gasteiger partial charge >= 0.3 is 0 Å². The highest BCUT2D eigenvalue weighted by atomic mass is 14.9. The smallest absolute Gasteiger partial charge is 0.0346 e. The van der Waals surface area contributed by atoms with Crippen LogP contribution >= 0.6 is 0 Å². The third-order valence-electron chi connectivity index (χ3n) is 2.85. The van der Waals surface area contributed by atoms with Crippen LogP contribution in [-0.2, 0) is 0 Å². The van der Waals surface area contributed by atoms with Gasteiger partial charge in [-0.1, -0.05) is 6.42 Å². The molecule has 12 heavy (non-hydrogen) atoms. The predicted octanol–water partition coefficient (Wildman–Crippen LogP) is -1.13. The van der Waals surface area contributed by atoms with Gasteiger partial charge in [-0.25, -0.2) is 0 Å². The molecule has 0 spiro atoms. The van der Waals surface area contributed by atoms with Crippen molar-refractivity contribution in [1.29, 1.82) is 0 Å². The summed E-state index contributed by atoms with van der Waals surface area (Å²) in [7, 11) is 0. The molecule has 8 N–H and O–H groups in total. The monoisotopic (exact) mass is 172 g/mol. The van der Waals surface area contributed by atoms with Gasteiger partial charge in [-0.05, 0) is 19.3 Å². The summed E-state index contributed by atoms with van der Waals surface area (Å²) in [4.78, 5) is 0. The van der Waals surface area contributed by atoms with E-state index in [0.717, 1.165) is 25.7 Å². The molecule has 1 fully saturated rings. The first-order valence-corrected chi connectivity index (χ1v) is 4.58. The lowest BCUT2D eigenvalue weighted by atomic mass is 9.75. The van der Waals surface area contributed by atoms with Gasteiger partial charge in [0.15, 0.2) is 0 Å². The second kappa shape index (κ2) is 3.70. The second-order valence-electron chi connectivity index (χ2n) is 3.93. The van der Waals surface area contributed by atoms with E-state index in [9.17, 15) is 0 Å². The molecule has 0 aliphatic heterocycles. The van der Waals surface area contributed by atoms with Crippen LogP contribution in [0, 0.1) is 0 Å². The lowest BCUT2D eigenvalue weighted by molar-refractivity contribution is 0.229. The van der Waals surface area contributed by atoms with Crippen molar-refractivity contribution in [2.45, 2.75) is 43.3 Å². The van der Waals surface area contributed by atoms with Gasteiger partial charge < -0.3 is 22.9 Å². The zero-order chi connectivity index (χ0) is 9.19. The van der Waals surface area contributed by atoms with E-state index in [1.54, 1.807) is 0 Å². The minimum absolute atomic E-state index is 0.108. The van der Waals surface area contributed by atoms with E-state index >= 15 is 0 Å². The summed E-state index contributed by atoms with van der Waals surface area (Å²) in [6, 6.07) is 0.102. The van der Waals surface area contributed by atoms with Crippen LogP contribution in [0.25, 0.3) is 0 Å². The van der Waals surface area contributed by atoms with Crippen molar-refractivity contribution in [3.8, 4) is 0 Å². The molecule has 72 valence electrons. The summed E-state index contributed by atoms with van der Waals surface area (Å²) in [6.07, 6.45) is 3.91. The van der Waals surface area contributed by atoms with Crippen LogP contribution in [0.1, 0.15) is 25.7 Å². The zero-order valence-electron chi connectivity index (χ0n) is 7.50. The highest BCUT2D eigenvalue weighted by Crippen LogP contribution is 2.26. The first-order valence-electron chi connectivity index (χ1n) is 4.58. The maximum absolute atomic E-state index is 6.12. The Morgan fingerprint density at radius 2 is 2.17 bits per heavy atom. The molecule has 4 nitrogen and oxygen atoms in total. The highest BCUT2D eigenvalue weighted by molar-refractivity contribution is 4.99. The first kappa shape index (κ1) is 9.92. The third kappa shape index (κ3) is 1.95. The molecule has 0 bridgehead atoms. The van der Waals surface area contributed by atoms with Crippen LogP contribution in [0.15, 0.2) is 0 Å². The van der Waals surface area contributed by atoms with Gasteiger partial charge in [0.2, 0.25) is 0 Å². The Labute approximate surface area is 73.6 Å². The van der Waals surface area contributed by atoms with Gasteiger partial charge in [-0.15, -0.1) is 0 Å². The Morgan fingerprint density at radius 3 is 2.67 bits per heavy atom. The second-order valence-corrected chi connectivity index (χ2v) is 3.93. The average molecular weight is 172 g/mol. The molecule has 0 aromatic carbocycles. The molecule has 3 atom stereocenters. The molecule has 0 heterocycles. The van der Waals surface area contributed by atoms with Gasteiger partial charge in [-0.2, -0.15) is 0 Å². The molecule has 0 saturated heterocycles. The van der Waals surface area contributed by atoms with Crippen LogP contribution in [-0.4, -0.2) is 24.2 Å². The SMILES string of the molecule is NCC(N)C1(N)CCCC(N)C1. The van der Waals surface area contributed by atoms with Crippen LogP contribution in [0.3, 0.4) is 0 Å². The normalized spacial score (nSPS) is 39.5. The lowest BCUT2D eigenvalue weighted by Crippen LogP contribution is -2.62. The predicted molar refractivity (Wildman–Crippen MR) is 50.4 cm³/mol. The van der Waals surface area contributed by atoms with Gasteiger partial charge in [0.05, 0.1) is 0 Å². The van der Waals surface area contributed by atoms with E-state index in [1.807, 2.05) is 0 Å². The number of nitrogens with two attached hydrogens (primary N) is 4. The highest BCUT2D eigenvalue weighted by Gasteiger charge is 2.35. The third-order valence-corrected chi connectivity index (χ3v) is 2.85. The molecular formula is C8H20N4. The summed E-state index contributed by atoms with van der Waals surface area (Å²) in [5.74, 6) is 0. The van der Waals surface area contributed by atoms with Crippen LogP contribution < -0.4 is 22.9 Å². The fraction of sp³-hybridized carbons (Fsp3) is 1.00. The van der Waals surface area contributed by atoms with E-state index in [0.29, 0.717) is 6.54 Å². The van der Waals surface area contributed by atoms with Gasteiger partial charge in [0.1, 0.15) is 0 Å². The summed E-state index contributed by atoms with van der Waals surface area (Å²) < 4.78 is 0. The van der Waals surface area contributed by atoms with E-state index in [4.69, 9.17) is 22.9 Å². The van der Waals surface area contributed by atoms with Gasteiger partial charge in [-0.3, -0.25) is 0 Å². The van der Waals surface area contributed by atoms with Crippen molar-refractivity contribution in [2.24, 2.45) is 22.9 Å². The quantitative estimate of drug-likeness (QED) is 0.423. The van der Waals surface area contributed by atoms with Crippen LogP contribution in [0.5, 0.6) is 0 Å². The average Bonchev–Trinajstić information content (AvgIpc) is 2.02. The molecular weight excluding hydrogens is 152 g/mol. The maximum Gasteiger partial charge on any atom is 0.0346 e. The van der Waals surface area contributed by atoms with Gasteiger partial charge in [0.25, 0.3) is 0 Å². The van der Waals surface area contributed by atoms with E-state index in [-0.39, 0.29) is 17.6 Å². The molecule has 0 radical (unpaired) electrons. The van der Waals surface area contributed by atoms with Crippen molar-refractivity contribution >= 4 is 0 Å². The standard InChI is InChI=1S/C8H20N4/c9-5-7(11)8(12)3-1-2-6(10)4-8/h6-7H,1-5,9-12H2. The van der Waals surface area contributed by atoms with Crippen molar-refractivity contribution in [3.05, 3.63) is 0 Å². The molecule has 1 saturated carbocycles. The van der Waals surface area contributed by atoms with Crippen molar-refractivity contribution in [3.63, 3.8) is 0 Å². The number of hydrogen-bond donors (Lipinski definition) is 4. The summed E-state index contributed by atoms with van der Waals surface area (Å²) in [5, 5.41) is 0. The zero-order valence-corrected chi connectivity index (χ0v) is 7.50. The Kier molecular flexibility index (Phi) is 3.06. The van der Waals surface area contributed by atoms with Crippen molar-refractivity contribution in [2.75, 3.05) is 6.54 Å². The van der Waals surface area contributed by atoms with Gasteiger partial charge in [0, 0.05) is 24.2 Å². The minimum Gasteiger partial charge on any atom is -0.329 e. The Hall–Kier alpha value is -0.160. The van der Waals surface area contributed by atoms with Crippen LogP contribution in [0.4, 0.5) is 0 Å². The van der Waals surface area contributed by atoms with Crippen LogP contribution in [0.2, 0.25) is 0 Å². The fourth-order valence-corrected chi connectivity index (χ4v) is 1.96. The summed E-state index contributed by atoms with van der Waals surface area (Å²) in [5.41, 5.74) is 23.0. The molecule has 1 aliphatic carbocycles. The van der Waals surface area contributed by atoms with Crippen molar-refractivity contribution in [1.82, 2.24) is 0 Å². The van der Waals surface area contributed by atoms with Crippen molar-refractivity contribution < 1.29 is 0 Å². The Morgan fingerprint density at radius 1 is 1.50 bits per heavy atom. The molecule has 0 aromatic rings. The Balaban J connectivity index is 2.56. The summed E-state index contributed by atoms with van der Waals surface area (Å²) in [6.45, 7) is 0.448. The number of rotatable bonds is 2. The minimum atomic E-state index is -0.313. The molecule has 1 aliphatic rings. The summed E-state index contributed by atoms with van der Waals surface area (Å²) >= 11 is 0. The number of hydrogen-bond acceptors (Lipinski definition) is 4. The lowest BCUT2D eigenvalue weighted by Gasteiger charge is -2.40. The molecule has 0 aromatic heterocycles. The topological polar surface area (TPSA) is 104 Å². The Bertz CT molecular complexity index is 150. The van der Waals surface area contributed by atoms with E-state index in [1.165, 1.54) is 0 Å². The molecule has 3 unspecified atom stereocenters. The maximum atomic E-state index is 6.12. The molecule has 0 amide bonds. The first-order chi connectivity index (χ1) is 5.58. The van der Waals surface area contributed by atoms with E-state index in [2.05, 4.69) is 0 Å². The molecule has 1 rings (SSSR count). The molecule has 4 heteroatoms. The fourth-order valence-electron chi connectivity index (χ4n) is 1.96. The van der Waals surface area contributed by atoms with E-state index < -0.39 is 0 Å².